The number of hydrogen-bond acceptors (Lipinski definition) is 1. The number of hydrogen-bond donors (Lipinski definition) is 0. The molecule has 3 aromatic rings. The number of fused-ring (bicyclic) bond motifs is 3. The maximum atomic E-state index is 5.67. The fraction of sp³-hybridized carbons (Fsp3) is 0.120. The molecule has 0 bridgehead atoms. The van der Waals surface area contributed by atoms with Gasteiger partial charge in [-0.05, 0) is 71.1 Å². The minimum atomic E-state index is -0.323. The molecule has 0 heterocycles. The second kappa shape index (κ2) is 5.83. The van der Waals surface area contributed by atoms with E-state index in [2.05, 4.69) is 55.2 Å². The Morgan fingerprint density at radius 1 is 0.769 bits per heavy atom. The Hall–Kier alpha value is -3.42. The molecule has 1 heteroatoms. The summed E-state index contributed by atoms with van der Waals surface area (Å²) in [5.41, 5.74) is 7.46. The molecule has 0 spiro atoms. The smallest absolute Gasteiger partial charge is 0.118 e. The number of rotatable bonds is 2. The highest BCUT2D eigenvalue weighted by Gasteiger charge is 2.41. The van der Waals surface area contributed by atoms with Crippen LogP contribution in [0.1, 0.15) is 34.7 Å². The standard InChI is InChI=1S/C25H18O/c1-5-17-7-13-21-22-14-8-18(6-2)16-24(22)25(3,23(21)15-17)19-9-11-20(26-4)12-10-19/h1-2,7-16H,3-4H3. The molecule has 0 aliphatic heterocycles. The van der Waals surface area contributed by atoms with Crippen molar-refractivity contribution >= 4 is 0 Å². The molecule has 1 nitrogen and oxygen atoms in total. The van der Waals surface area contributed by atoms with E-state index < -0.39 is 0 Å². The zero-order valence-electron chi connectivity index (χ0n) is 14.8. The third-order valence-electron chi connectivity index (χ3n) is 5.41. The topological polar surface area (TPSA) is 9.23 Å². The maximum absolute atomic E-state index is 5.67. The molecule has 0 aromatic heterocycles. The Labute approximate surface area is 154 Å². The number of benzene rings is 3. The van der Waals surface area contributed by atoms with Gasteiger partial charge in [-0.15, -0.1) is 12.8 Å². The lowest BCUT2D eigenvalue weighted by molar-refractivity contribution is 0.414. The van der Waals surface area contributed by atoms with Gasteiger partial charge >= 0.3 is 0 Å². The third-order valence-corrected chi connectivity index (χ3v) is 5.41. The van der Waals surface area contributed by atoms with Crippen molar-refractivity contribution in [3.63, 3.8) is 0 Å². The van der Waals surface area contributed by atoms with Gasteiger partial charge in [0.2, 0.25) is 0 Å². The van der Waals surface area contributed by atoms with Crippen molar-refractivity contribution in [3.8, 4) is 41.6 Å². The molecular formula is C25H18O. The number of methoxy groups -OCH3 is 1. The predicted octanol–water partition coefficient (Wildman–Crippen LogP) is 4.99. The van der Waals surface area contributed by atoms with Gasteiger partial charge < -0.3 is 4.74 Å². The van der Waals surface area contributed by atoms with Crippen LogP contribution in [0.5, 0.6) is 5.75 Å². The first kappa shape index (κ1) is 16.1. The second-order valence-corrected chi connectivity index (χ2v) is 6.66. The summed E-state index contributed by atoms with van der Waals surface area (Å²) in [5, 5.41) is 0. The van der Waals surface area contributed by atoms with Crippen LogP contribution in [-0.2, 0) is 5.41 Å². The highest BCUT2D eigenvalue weighted by Crippen LogP contribution is 2.52. The van der Waals surface area contributed by atoms with Gasteiger partial charge in [0.1, 0.15) is 5.75 Å². The molecule has 0 saturated heterocycles. The molecule has 124 valence electrons. The molecule has 1 aliphatic carbocycles. The number of terminal acetylenes is 2. The molecule has 0 saturated carbocycles. The molecule has 0 fully saturated rings. The van der Waals surface area contributed by atoms with Gasteiger partial charge in [0.15, 0.2) is 0 Å². The van der Waals surface area contributed by atoms with Crippen LogP contribution in [-0.4, -0.2) is 7.11 Å². The summed E-state index contributed by atoms with van der Waals surface area (Å²) in [6, 6.07) is 20.7. The van der Waals surface area contributed by atoms with Crippen molar-refractivity contribution in [3.05, 3.63) is 88.5 Å². The first-order chi connectivity index (χ1) is 12.6. The van der Waals surface area contributed by atoms with E-state index in [1.807, 2.05) is 24.3 Å². The second-order valence-electron chi connectivity index (χ2n) is 6.66. The molecule has 0 amide bonds. The molecule has 1 aliphatic rings. The van der Waals surface area contributed by atoms with Crippen LogP contribution in [0.2, 0.25) is 0 Å². The quantitative estimate of drug-likeness (QED) is 0.600. The molecule has 26 heavy (non-hydrogen) atoms. The van der Waals surface area contributed by atoms with Gasteiger partial charge in [-0.2, -0.15) is 0 Å². The zero-order chi connectivity index (χ0) is 18.3. The van der Waals surface area contributed by atoms with E-state index in [-0.39, 0.29) is 5.41 Å². The lowest BCUT2D eigenvalue weighted by atomic mass is 9.74. The van der Waals surface area contributed by atoms with E-state index in [0.717, 1.165) is 16.9 Å². The predicted molar refractivity (Wildman–Crippen MR) is 106 cm³/mol. The molecule has 0 unspecified atom stereocenters. The Kier molecular flexibility index (Phi) is 3.61. The fourth-order valence-corrected chi connectivity index (χ4v) is 3.95. The largest absolute Gasteiger partial charge is 0.497 e. The van der Waals surface area contributed by atoms with Crippen LogP contribution in [0.3, 0.4) is 0 Å². The zero-order valence-corrected chi connectivity index (χ0v) is 14.8. The SMILES string of the molecule is C#Cc1ccc2c(c1)C(C)(c1ccc(OC)cc1)c1cc(C#C)ccc1-2. The molecule has 0 N–H and O–H groups in total. The van der Waals surface area contributed by atoms with Crippen molar-refractivity contribution in [1.82, 2.24) is 0 Å². The molecule has 3 aromatic carbocycles. The Morgan fingerprint density at radius 3 is 1.69 bits per heavy atom. The summed E-state index contributed by atoms with van der Waals surface area (Å²) < 4.78 is 5.32. The van der Waals surface area contributed by atoms with Gasteiger partial charge in [0, 0.05) is 16.5 Å². The fourth-order valence-electron chi connectivity index (χ4n) is 3.95. The highest BCUT2D eigenvalue weighted by atomic mass is 16.5. The van der Waals surface area contributed by atoms with Crippen molar-refractivity contribution in [2.75, 3.05) is 7.11 Å². The normalized spacial score (nSPS) is 13.2. The van der Waals surface area contributed by atoms with Crippen LogP contribution in [0.4, 0.5) is 0 Å². The summed E-state index contributed by atoms with van der Waals surface area (Å²) in [6.07, 6.45) is 11.3. The van der Waals surface area contributed by atoms with Crippen molar-refractivity contribution in [2.45, 2.75) is 12.3 Å². The minimum absolute atomic E-state index is 0.323. The Bertz CT molecular complexity index is 1020. The maximum Gasteiger partial charge on any atom is 0.118 e. The van der Waals surface area contributed by atoms with Crippen molar-refractivity contribution < 1.29 is 4.74 Å². The van der Waals surface area contributed by atoms with E-state index in [0.29, 0.717) is 0 Å². The molecule has 0 atom stereocenters. The molecular weight excluding hydrogens is 316 g/mol. The Morgan fingerprint density at radius 2 is 1.27 bits per heavy atom. The van der Waals surface area contributed by atoms with Gasteiger partial charge in [-0.3, -0.25) is 0 Å². The molecule has 0 radical (unpaired) electrons. The summed E-state index contributed by atoms with van der Waals surface area (Å²) in [6.45, 7) is 2.24. The van der Waals surface area contributed by atoms with Gasteiger partial charge in [-0.25, -0.2) is 0 Å². The average Bonchev–Trinajstić information content (AvgIpc) is 2.96. The van der Waals surface area contributed by atoms with Crippen LogP contribution in [0.15, 0.2) is 60.7 Å². The van der Waals surface area contributed by atoms with E-state index in [1.54, 1.807) is 7.11 Å². The van der Waals surface area contributed by atoms with Gasteiger partial charge in [-0.1, -0.05) is 36.1 Å². The first-order valence-corrected chi connectivity index (χ1v) is 8.49. The highest BCUT2D eigenvalue weighted by molar-refractivity contribution is 5.84. The van der Waals surface area contributed by atoms with E-state index in [4.69, 9.17) is 17.6 Å². The summed E-state index contributed by atoms with van der Waals surface area (Å²) >= 11 is 0. The summed E-state index contributed by atoms with van der Waals surface area (Å²) in [5.74, 6) is 6.36. The van der Waals surface area contributed by atoms with E-state index in [1.165, 1.54) is 27.8 Å². The lowest BCUT2D eigenvalue weighted by Gasteiger charge is -2.28. The van der Waals surface area contributed by atoms with Crippen LogP contribution in [0.25, 0.3) is 11.1 Å². The monoisotopic (exact) mass is 334 g/mol. The molecule has 4 rings (SSSR count). The lowest BCUT2D eigenvalue weighted by Crippen LogP contribution is -2.22. The van der Waals surface area contributed by atoms with Crippen LogP contribution < -0.4 is 4.74 Å². The minimum Gasteiger partial charge on any atom is -0.497 e. The van der Waals surface area contributed by atoms with Crippen LogP contribution >= 0.6 is 0 Å². The summed E-state index contributed by atoms with van der Waals surface area (Å²) in [7, 11) is 1.68. The average molecular weight is 334 g/mol. The third kappa shape index (κ3) is 2.15. The van der Waals surface area contributed by atoms with Crippen molar-refractivity contribution in [1.29, 1.82) is 0 Å². The van der Waals surface area contributed by atoms with E-state index in [9.17, 15) is 0 Å². The first-order valence-electron chi connectivity index (χ1n) is 8.49. The van der Waals surface area contributed by atoms with E-state index >= 15 is 0 Å². The van der Waals surface area contributed by atoms with Crippen LogP contribution in [0, 0.1) is 24.7 Å². The summed E-state index contributed by atoms with van der Waals surface area (Å²) in [4.78, 5) is 0. The van der Waals surface area contributed by atoms with Gasteiger partial charge in [0.05, 0.1) is 7.11 Å². The van der Waals surface area contributed by atoms with Gasteiger partial charge in [0.25, 0.3) is 0 Å². The number of ether oxygens (including phenoxy) is 1. The Balaban J connectivity index is 2.04. The van der Waals surface area contributed by atoms with Crippen molar-refractivity contribution in [2.24, 2.45) is 0 Å².